The van der Waals surface area contributed by atoms with Crippen LogP contribution in [0.3, 0.4) is 0 Å². The van der Waals surface area contributed by atoms with Gasteiger partial charge in [0.2, 0.25) is 0 Å². The van der Waals surface area contributed by atoms with Crippen LogP contribution < -0.4 is 5.32 Å². The molecule has 3 atom stereocenters. The van der Waals surface area contributed by atoms with E-state index in [-0.39, 0.29) is 0 Å². The minimum atomic E-state index is 0.680. The van der Waals surface area contributed by atoms with Gasteiger partial charge in [0.1, 0.15) is 0 Å². The summed E-state index contributed by atoms with van der Waals surface area (Å²) in [5.74, 6) is 0. The molecule has 0 radical (unpaired) electrons. The third-order valence-electron chi connectivity index (χ3n) is 3.14. The highest BCUT2D eigenvalue weighted by atomic mass is 32.2. The predicted octanol–water partition coefficient (Wildman–Crippen LogP) is 2.59. The molecule has 1 aliphatic heterocycles. The van der Waals surface area contributed by atoms with Gasteiger partial charge in [0, 0.05) is 42.7 Å². The fourth-order valence-electron chi connectivity index (χ4n) is 2.47. The maximum Gasteiger partial charge on any atom is 0.0149 e. The number of rotatable bonds is 6. The van der Waals surface area contributed by atoms with Crippen LogP contribution in [0.4, 0.5) is 0 Å². The fourth-order valence-corrected chi connectivity index (χ4v) is 3.86. The van der Waals surface area contributed by atoms with Crippen molar-refractivity contribution in [3.63, 3.8) is 0 Å². The molecule has 0 aromatic rings. The van der Waals surface area contributed by atoms with Gasteiger partial charge >= 0.3 is 0 Å². The van der Waals surface area contributed by atoms with Crippen LogP contribution >= 0.6 is 11.8 Å². The number of thioether (sulfide) groups is 1. The Morgan fingerprint density at radius 3 is 2.50 bits per heavy atom. The van der Waals surface area contributed by atoms with Gasteiger partial charge in [-0.3, -0.25) is 4.90 Å². The van der Waals surface area contributed by atoms with E-state index in [1.54, 1.807) is 0 Å². The van der Waals surface area contributed by atoms with Crippen molar-refractivity contribution in [3.8, 4) is 0 Å². The van der Waals surface area contributed by atoms with E-state index in [4.69, 9.17) is 0 Å². The summed E-state index contributed by atoms with van der Waals surface area (Å²) < 4.78 is 0. The van der Waals surface area contributed by atoms with Crippen molar-refractivity contribution in [3.05, 3.63) is 0 Å². The second-order valence-corrected chi connectivity index (χ2v) is 7.04. The summed E-state index contributed by atoms with van der Waals surface area (Å²) in [4.78, 5) is 2.61. The van der Waals surface area contributed by atoms with E-state index in [0.717, 1.165) is 17.0 Å². The van der Waals surface area contributed by atoms with E-state index in [2.05, 4.69) is 49.7 Å². The second kappa shape index (κ2) is 7.57. The van der Waals surface area contributed by atoms with Gasteiger partial charge in [-0.05, 0) is 13.3 Å². The zero-order valence-electron chi connectivity index (χ0n) is 11.3. The molecule has 1 rings (SSSR count). The second-order valence-electron chi connectivity index (χ2n) is 5.16. The molecule has 16 heavy (non-hydrogen) atoms. The molecule has 0 bridgehead atoms. The summed E-state index contributed by atoms with van der Waals surface area (Å²) in [5.41, 5.74) is 0. The molecule has 0 aliphatic carbocycles. The smallest absolute Gasteiger partial charge is 0.0149 e. The first-order chi connectivity index (χ1) is 7.61. The molecule has 3 unspecified atom stereocenters. The molecule has 96 valence electrons. The van der Waals surface area contributed by atoms with E-state index in [1.165, 1.54) is 32.5 Å². The number of nitrogens with one attached hydrogen (secondary N) is 1. The van der Waals surface area contributed by atoms with Crippen molar-refractivity contribution in [2.24, 2.45) is 0 Å². The minimum absolute atomic E-state index is 0.680. The quantitative estimate of drug-likeness (QED) is 0.773. The lowest BCUT2D eigenvalue weighted by molar-refractivity contribution is 0.266. The SMILES string of the molecule is CCCC(C)NCCN1CC(C)SC(C)C1. The molecule has 0 spiro atoms. The summed E-state index contributed by atoms with van der Waals surface area (Å²) in [5, 5.41) is 5.22. The molecule has 0 aromatic carbocycles. The lowest BCUT2D eigenvalue weighted by Crippen LogP contribution is -2.44. The van der Waals surface area contributed by atoms with Gasteiger partial charge in [0.05, 0.1) is 0 Å². The molecule has 2 nitrogen and oxygen atoms in total. The summed E-state index contributed by atoms with van der Waals surface area (Å²) >= 11 is 2.13. The van der Waals surface area contributed by atoms with Gasteiger partial charge in [-0.2, -0.15) is 11.8 Å². The summed E-state index contributed by atoms with van der Waals surface area (Å²) in [6.45, 7) is 14.1. The third kappa shape index (κ3) is 5.55. The zero-order valence-corrected chi connectivity index (χ0v) is 12.1. The van der Waals surface area contributed by atoms with E-state index in [1.807, 2.05) is 0 Å². The van der Waals surface area contributed by atoms with Gasteiger partial charge in [-0.15, -0.1) is 0 Å². The Morgan fingerprint density at radius 1 is 1.31 bits per heavy atom. The lowest BCUT2D eigenvalue weighted by atomic mass is 10.2. The average Bonchev–Trinajstić information content (AvgIpc) is 2.16. The van der Waals surface area contributed by atoms with Gasteiger partial charge in [0.15, 0.2) is 0 Å². The monoisotopic (exact) mass is 244 g/mol. The maximum atomic E-state index is 3.61. The molecule has 1 saturated heterocycles. The van der Waals surface area contributed by atoms with Gasteiger partial charge < -0.3 is 5.32 Å². The molecular weight excluding hydrogens is 216 g/mol. The normalized spacial score (nSPS) is 29.2. The Balaban J connectivity index is 2.12. The van der Waals surface area contributed by atoms with Crippen molar-refractivity contribution in [2.75, 3.05) is 26.2 Å². The van der Waals surface area contributed by atoms with E-state index in [9.17, 15) is 0 Å². The molecule has 3 heteroatoms. The lowest BCUT2D eigenvalue weighted by Gasteiger charge is -2.34. The highest BCUT2D eigenvalue weighted by molar-refractivity contribution is 8.00. The first kappa shape index (κ1) is 14.3. The minimum Gasteiger partial charge on any atom is -0.313 e. The van der Waals surface area contributed by atoms with Crippen LogP contribution in [0.5, 0.6) is 0 Å². The molecule has 0 aromatic heterocycles. The van der Waals surface area contributed by atoms with Crippen LogP contribution in [0.15, 0.2) is 0 Å². The van der Waals surface area contributed by atoms with Crippen LogP contribution in [-0.2, 0) is 0 Å². The van der Waals surface area contributed by atoms with Gasteiger partial charge in [-0.1, -0.05) is 27.2 Å². The van der Waals surface area contributed by atoms with Crippen molar-refractivity contribution in [1.82, 2.24) is 10.2 Å². The molecule has 1 fully saturated rings. The number of nitrogens with zero attached hydrogens (tertiary/aromatic N) is 1. The first-order valence-corrected chi connectivity index (χ1v) is 7.67. The van der Waals surface area contributed by atoms with Crippen molar-refractivity contribution < 1.29 is 0 Å². The Morgan fingerprint density at radius 2 is 1.94 bits per heavy atom. The standard InChI is InChI=1S/C13H28N2S/c1-5-6-11(2)14-7-8-15-9-12(3)16-13(4)10-15/h11-14H,5-10H2,1-4H3. The Bertz CT molecular complexity index is 177. The van der Waals surface area contributed by atoms with E-state index < -0.39 is 0 Å². The van der Waals surface area contributed by atoms with Crippen LogP contribution in [-0.4, -0.2) is 47.6 Å². The van der Waals surface area contributed by atoms with Crippen molar-refractivity contribution >= 4 is 11.8 Å². The maximum absolute atomic E-state index is 3.61. The summed E-state index contributed by atoms with van der Waals surface area (Å²) in [6.07, 6.45) is 2.57. The van der Waals surface area contributed by atoms with E-state index in [0.29, 0.717) is 6.04 Å². The van der Waals surface area contributed by atoms with Crippen molar-refractivity contribution in [2.45, 2.75) is 57.1 Å². The predicted molar refractivity (Wildman–Crippen MR) is 75.3 cm³/mol. The number of hydrogen-bond acceptors (Lipinski definition) is 3. The summed E-state index contributed by atoms with van der Waals surface area (Å²) in [7, 11) is 0. The van der Waals surface area contributed by atoms with Crippen LogP contribution in [0.25, 0.3) is 0 Å². The van der Waals surface area contributed by atoms with Crippen LogP contribution in [0.1, 0.15) is 40.5 Å². The summed E-state index contributed by atoms with van der Waals surface area (Å²) in [6, 6.07) is 0.680. The molecular formula is C13H28N2S. The van der Waals surface area contributed by atoms with E-state index >= 15 is 0 Å². The fraction of sp³-hybridized carbons (Fsp3) is 1.00. The van der Waals surface area contributed by atoms with Crippen molar-refractivity contribution in [1.29, 1.82) is 0 Å². The topological polar surface area (TPSA) is 15.3 Å². The third-order valence-corrected chi connectivity index (χ3v) is 4.37. The number of hydrogen-bond donors (Lipinski definition) is 1. The highest BCUT2D eigenvalue weighted by Gasteiger charge is 2.21. The Labute approximate surface area is 106 Å². The van der Waals surface area contributed by atoms with Gasteiger partial charge in [0.25, 0.3) is 0 Å². The molecule has 0 saturated carbocycles. The Kier molecular flexibility index (Phi) is 6.78. The molecule has 1 aliphatic rings. The van der Waals surface area contributed by atoms with Crippen LogP contribution in [0, 0.1) is 0 Å². The van der Waals surface area contributed by atoms with Gasteiger partial charge in [-0.25, -0.2) is 0 Å². The molecule has 0 amide bonds. The largest absolute Gasteiger partial charge is 0.313 e. The average molecular weight is 244 g/mol. The molecule has 1 N–H and O–H groups in total. The highest BCUT2D eigenvalue weighted by Crippen LogP contribution is 2.24. The zero-order chi connectivity index (χ0) is 12.0. The molecule has 1 heterocycles. The van der Waals surface area contributed by atoms with Crippen LogP contribution in [0.2, 0.25) is 0 Å². The first-order valence-electron chi connectivity index (χ1n) is 6.73. The Hall–Kier alpha value is 0.270.